The highest BCUT2D eigenvalue weighted by atomic mass is 16.5. The van der Waals surface area contributed by atoms with Gasteiger partial charge >= 0.3 is 5.97 Å². The van der Waals surface area contributed by atoms with Gasteiger partial charge in [-0.3, -0.25) is 4.79 Å². The second kappa shape index (κ2) is 4.64. The van der Waals surface area contributed by atoms with Crippen LogP contribution in [0.5, 0.6) is 11.5 Å². The van der Waals surface area contributed by atoms with E-state index in [9.17, 15) is 14.7 Å². The zero-order valence-electron chi connectivity index (χ0n) is 10.7. The first-order valence-corrected chi connectivity index (χ1v) is 5.51. The lowest BCUT2D eigenvalue weighted by Crippen LogP contribution is -2.04. The number of benzene rings is 1. The van der Waals surface area contributed by atoms with Gasteiger partial charge in [0.25, 0.3) is 0 Å². The van der Waals surface area contributed by atoms with Gasteiger partial charge in [-0.25, -0.2) is 4.79 Å². The van der Waals surface area contributed by atoms with E-state index < -0.39 is 5.97 Å². The van der Waals surface area contributed by atoms with Crippen LogP contribution in [0.2, 0.25) is 0 Å². The van der Waals surface area contributed by atoms with Crippen molar-refractivity contribution in [1.29, 1.82) is 0 Å². The molecule has 1 aromatic carbocycles. The van der Waals surface area contributed by atoms with Gasteiger partial charge in [0, 0.05) is 19.1 Å². The average Bonchev–Trinajstić information content (AvgIpc) is 2.76. The number of carboxylic acids is 1. The number of ether oxygens (including phenoxy) is 2. The van der Waals surface area contributed by atoms with E-state index in [0.29, 0.717) is 22.4 Å². The van der Waals surface area contributed by atoms with E-state index >= 15 is 0 Å². The Morgan fingerprint density at radius 3 is 2.37 bits per heavy atom. The van der Waals surface area contributed by atoms with Gasteiger partial charge < -0.3 is 19.6 Å². The first-order valence-electron chi connectivity index (χ1n) is 5.51. The number of carboxylic acid groups (broad SMARTS) is 1. The van der Waals surface area contributed by atoms with Gasteiger partial charge in [-0.15, -0.1) is 0 Å². The van der Waals surface area contributed by atoms with Crippen molar-refractivity contribution in [3.05, 3.63) is 23.4 Å². The molecule has 100 valence electrons. The molecule has 0 aliphatic heterocycles. The van der Waals surface area contributed by atoms with Crippen LogP contribution in [0.1, 0.15) is 27.8 Å². The number of aromatic carboxylic acids is 1. The highest BCUT2D eigenvalue weighted by Crippen LogP contribution is 2.35. The summed E-state index contributed by atoms with van der Waals surface area (Å²) in [6, 6.07) is 3.20. The monoisotopic (exact) mass is 263 g/mol. The molecule has 0 radical (unpaired) electrons. The zero-order valence-corrected chi connectivity index (χ0v) is 10.7. The van der Waals surface area contributed by atoms with Crippen LogP contribution < -0.4 is 9.47 Å². The molecule has 0 unspecified atom stereocenters. The molecule has 0 amide bonds. The molecular formula is C13H13NO5. The van der Waals surface area contributed by atoms with Crippen LogP contribution in [-0.2, 0) is 0 Å². The number of carbonyl (C=O) groups is 2. The first kappa shape index (κ1) is 12.9. The van der Waals surface area contributed by atoms with Crippen molar-refractivity contribution in [3.63, 3.8) is 0 Å². The molecule has 0 saturated carbocycles. The van der Waals surface area contributed by atoms with Crippen molar-refractivity contribution in [1.82, 2.24) is 4.98 Å². The van der Waals surface area contributed by atoms with Crippen LogP contribution in [-0.4, -0.2) is 36.1 Å². The van der Waals surface area contributed by atoms with E-state index in [2.05, 4.69) is 4.98 Å². The molecule has 19 heavy (non-hydrogen) atoms. The molecule has 6 nitrogen and oxygen atoms in total. The fraction of sp³-hybridized carbons (Fsp3) is 0.231. The average molecular weight is 263 g/mol. The summed E-state index contributed by atoms with van der Waals surface area (Å²) in [5.41, 5.74) is 0.454. The number of carbonyl (C=O) groups excluding carboxylic acids is 1. The summed E-state index contributed by atoms with van der Waals surface area (Å²) in [4.78, 5) is 25.7. The number of rotatable bonds is 4. The largest absolute Gasteiger partial charge is 0.497 e. The topological polar surface area (TPSA) is 88.6 Å². The van der Waals surface area contributed by atoms with Crippen LogP contribution in [0.15, 0.2) is 12.1 Å². The van der Waals surface area contributed by atoms with Gasteiger partial charge in [0.05, 0.1) is 36.4 Å². The third-order valence-electron chi connectivity index (χ3n) is 2.86. The Kier molecular flexibility index (Phi) is 3.16. The zero-order chi connectivity index (χ0) is 14.2. The maximum atomic E-state index is 11.5. The minimum atomic E-state index is -1.18. The lowest BCUT2D eigenvalue weighted by Gasteiger charge is -2.06. The van der Waals surface area contributed by atoms with E-state index in [1.54, 1.807) is 12.1 Å². The smallest absolute Gasteiger partial charge is 0.338 e. The molecule has 0 saturated heterocycles. The number of nitrogens with one attached hydrogen (secondary N) is 1. The number of ketones is 1. The third-order valence-corrected chi connectivity index (χ3v) is 2.86. The van der Waals surface area contributed by atoms with Crippen molar-refractivity contribution in [2.24, 2.45) is 0 Å². The number of Topliss-reactive ketones (excluding diaryl/α,β-unsaturated/α-hetero) is 1. The second-order valence-electron chi connectivity index (χ2n) is 3.99. The summed E-state index contributed by atoms with van der Waals surface area (Å²) in [7, 11) is 2.92. The Balaban J connectivity index is 2.91. The lowest BCUT2D eigenvalue weighted by atomic mass is 10.1. The predicted molar refractivity (Wildman–Crippen MR) is 68.4 cm³/mol. The molecule has 0 aliphatic carbocycles. The van der Waals surface area contributed by atoms with Crippen molar-refractivity contribution >= 4 is 22.7 Å². The van der Waals surface area contributed by atoms with Crippen molar-refractivity contribution < 1.29 is 24.2 Å². The number of fused-ring (bicyclic) bond motifs is 1. The van der Waals surface area contributed by atoms with Crippen LogP contribution >= 0.6 is 0 Å². The van der Waals surface area contributed by atoms with E-state index in [-0.39, 0.29) is 17.0 Å². The molecular weight excluding hydrogens is 250 g/mol. The van der Waals surface area contributed by atoms with Crippen molar-refractivity contribution in [2.45, 2.75) is 6.92 Å². The lowest BCUT2D eigenvalue weighted by molar-refractivity contribution is 0.0694. The van der Waals surface area contributed by atoms with Gasteiger partial charge in [0.2, 0.25) is 0 Å². The van der Waals surface area contributed by atoms with Crippen LogP contribution in [0.4, 0.5) is 0 Å². The van der Waals surface area contributed by atoms with E-state index in [4.69, 9.17) is 9.47 Å². The van der Waals surface area contributed by atoms with E-state index in [1.165, 1.54) is 21.1 Å². The van der Waals surface area contributed by atoms with Crippen LogP contribution in [0.25, 0.3) is 10.9 Å². The van der Waals surface area contributed by atoms with Gasteiger partial charge in [-0.2, -0.15) is 0 Å². The number of aromatic nitrogens is 1. The molecule has 1 aromatic heterocycles. The van der Waals surface area contributed by atoms with Crippen LogP contribution in [0, 0.1) is 0 Å². The van der Waals surface area contributed by atoms with E-state index in [1.807, 2.05) is 0 Å². The number of hydrogen-bond donors (Lipinski definition) is 2. The quantitative estimate of drug-likeness (QED) is 0.824. The maximum Gasteiger partial charge on any atom is 0.338 e. The predicted octanol–water partition coefficient (Wildman–Crippen LogP) is 2.09. The number of H-pyrrole nitrogens is 1. The minimum Gasteiger partial charge on any atom is -0.497 e. The van der Waals surface area contributed by atoms with Gasteiger partial charge in [-0.05, 0) is 0 Å². The van der Waals surface area contributed by atoms with Gasteiger partial charge in [-0.1, -0.05) is 0 Å². The normalized spacial score (nSPS) is 10.5. The molecule has 0 atom stereocenters. The Morgan fingerprint density at radius 2 is 1.89 bits per heavy atom. The molecule has 2 rings (SSSR count). The third kappa shape index (κ3) is 2.01. The molecule has 1 heterocycles. The highest BCUT2D eigenvalue weighted by molar-refractivity contribution is 6.15. The minimum absolute atomic E-state index is 0.0500. The SMILES string of the molecule is COc1cc(OC)c2c(C(=O)O)c(C(C)=O)[nH]c2c1. The fourth-order valence-electron chi connectivity index (χ4n) is 2.03. The summed E-state index contributed by atoms with van der Waals surface area (Å²) >= 11 is 0. The summed E-state index contributed by atoms with van der Waals surface area (Å²) in [5, 5.41) is 9.65. The highest BCUT2D eigenvalue weighted by Gasteiger charge is 2.24. The summed E-state index contributed by atoms with van der Waals surface area (Å²) in [6.07, 6.45) is 0. The summed E-state index contributed by atoms with van der Waals surface area (Å²) in [5.74, 6) is -0.678. The Labute approximate surface area is 108 Å². The number of hydrogen-bond acceptors (Lipinski definition) is 4. The summed E-state index contributed by atoms with van der Waals surface area (Å²) in [6.45, 7) is 1.31. The molecule has 6 heteroatoms. The van der Waals surface area contributed by atoms with Crippen LogP contribution in [0.3, 0.4) is 0 Å². The molecule has 2 aromatic rings. The maximum absolute atomic E-state index is 11.5. The Bertz CT molecular complexity index is 671. The second-order valence-corrected chi connectivity index (χ2v) is 3.99. The molecule has 0 fully saturated rings. The fourth-order valence-corrected chi connectivity index (χ4v) is 2.03. The molecule has 2 N–H and O–H groups in total. The first-order chi connectivity index (χ1) is 8.99. The van der Waals surface area contributed by atoms with Crippen molar-refractivity contribution in [3.8, 4) is 11.5 Å². The molecule has 0 bridgehead atoms. The van der Waals surface area contributed by atoms with Gasteiger partial charge in [0.15, 0.2) is 5.78 Å². The molecule has 0 aliphatic rings. The Hall–Kier alpha value is -2.50. The summed E-state index contributed by atoms with van der Waals surface area (Å²) < 4.78 is 10.3. The van der Waals surface area contributed by atoms with Gasteiger partial charge in [0.1, 0.15) is 11.5 Å². The standard InChI is InChI=1S/C13H13NO5/c1-6(15)12-11(13(16)17)10-8(14-12)4-7(18-2)5-9(10)19-3/h4-5,14H,1-3H3,(H,16,17). The molecule has 0 spiro atoms. The number of aromatic amines is 1. The van der Waals surface area contributed by atoms with Crippen molar-refractivity contribution in [2.75, 3.05) is 14.2 Å². The van der Waals surface area contributed by atoms with E-state index in [0.717, 1.165) is 0 Å². The Morgan fingerprint density at radius 1 is 1.21 bits per heavy atom. The number of methoxy groups -OCH3 is 2.